The van der Waals surface area contributed by atoms with Crippen LogP contribution in [0.3, 0.4) is 0 Å². The second-order valence-electron chi connectivity index (χ2n) is 10.3. The number of nitrogens with zero attached hydrogens (tertiary/aromatic N) is 4. The Morgan fingerprint density at radius 3 is 2.39 bits per heavy atom. The van der Waals surface area contributed by atoms with Gasteiger partial charge in [0.25, 0.3) is 5.91 Å². The summed E-state index contributed by atoms with van der Waals surface area (Å²) in [6, 6.07) is 15.9. The first kappa shape index (κ1) is 24.8. The second-order valence-corrected chi connectivity index (χ2v) is 10.3. The molecule has 0 bridgehead atoms. The van der Waals surface area contributed by atoms with Gasteiger partial charge in [0.2, 0.25) is 5.91 Å². The molecule has 7 heteroatoms. The molecule has 5 rings (SSSR count). The number of likely N-dealkylation sites (N-methyl/N-ethyl adjacent to an activating group) is 1. The minimum atomic E-state index is 0.0560. The van der Waals surface area contributed by atoms with Crippen LogP contribution in [0.2, 0.25) is 0 Å². The normalized spacial score (nSPS) is 19.9. The van der Waals surface area contributed by atoms with Gasteiger partial charge in [0.1, 0.15) is 5.75 Å². The molecule has 2 aromatic rings. The topological polar surface area (TPSA) is 56.3 Å². The molecule has 2 aromatic carbocycles. The van der Waals surface area contributed by atoms with Crippen molar-refractivity contribution in [2.24, 2.45) is 0 Å². The molecule has 0 aliphatic carbocycles. The number of para-hydroxylation sites is 1. The van der Waals surface area contributed by atoms with Gasteiger partial charge in [-0.25, -0.2) is 0 Å². The van der Waals surface area contributed by atoms with E-state index in [4.69, 9.17) is 4.74 Å². The fourth-order valence-corrected chi connectivity index (χ4v) is 5.61. The maximum absolute atomic E-state index is 13.1. The number of hydrogen-bond acceptors (Lipinski definition) is 5. The van der Waals surface area contributed by atoms with E-state index in [0.29, 0.717) is 31.7 Å². The van der Waals surface area contributed by atoms with E-state index in [2.05, 4.69) is 29.0 Å². The molecule has 0 radical (unpaired) electrons. The quantitative estimate of drug-likeness (QED) is 0.558. The van der Waals surface area contributed by atoms with Crippen LogP contribution in [0.1, 0.15) is 41.6 Å². The van der Waals surface area contributed by atoms with Gasteiger partial charge in [0.15, 0.2) is 0 Å². The summed E-state index contributed by atoms with van der Waals surface area (Å²) in [5.41, 5.74) is 2.99. The first-order valence-corrected chi connectivity index (χ1v) is 13.4. The molecule has 2 amide bonds. The first-order chi connectivity index (χ1) is 17.6. The van der Waals surface area contributed by atoms with Crippen molar-refractivity contribution in [3.05, 3.63) is 59.7 Å². The Balaban J connectivity index is 1.08. The van der Waals surface area contributed by atoms with E-state index in [9.17, 15) is 9.59 Å². The molecule has 0 unspecified atom stereocenters. The van der Waals surface area contributed by atoms with Gasteiger partial charge in [0, 0.05) is 69.5 Å². The Morgan fingerprint density at radius 1 is 0.917 bits per heavy atom. The zero-order valence-corrected chi connectivity index (χ0v) is 21.4. The summed E-state index contributed by atoms with van der Waals surface area (Å²) in [4.78, 5) is 34.6. The number of aryl methyl sites for hydroxylation is 1. The first-order valence-electron chi connectivity index (χ1n) is 13.4. The number of anilines is 1. The van der Waals surface area contributed by atoms with Crippen LogP contribution in [0.4, 0.5) is 5.69 Å². The van der Waals surface area contributed by atoms with Gasteiger partial charge < -0.3 is 24.3 Å². The Labute approximate surface area is 214 Å². The molecular formula is C29H38N4O3. The second kappa shape index (κ2) is 11.4. The monoisotopic (exact) mass is 490 g/mol. The van der Waals surface area contributed by atoms with Crippen molar-refractivity contribution in [2.75, 3.05) is 64.4 Å². The van der Waals surface area contributed by atoms with Crippen LogP contribution in [-0.2, 0) is 11.2 Å². The van der Waals surface area contributed by atoms with Gasteiger partial charge in [-0.15, -0.1) is 0 Å². The lowest BCUT2D eigenvalue weighted by molar-refractivity contribution is -0.119. The maximum atomic E-state index is 13.1. The summed E-state index contributed by atoms with van der Waals surface area (Å²) >= 11 is 0. The van der Waals surface area contributed by atoms with Gasteiger partial charge in [0.05, 0.1) is 6.61 Å². The Kier molecular flexibility index (Phi) is 7.87. The number of ether oxygens (including phenoxy) is 1. The molecule has 36 heavy (non-hydrogen) atoms. The predicted octanol–water partition coefficient (Wildman–Crippen LogP) is 3.29. The van der Waals surface area contributed by atoms with E-state index in [1.807, 2.05) is 46.2 Å². The van der Waals surface area contributed by atoms with Crippen molar-refractivity contribution in [1.29, 1.82) is 0 Å². The van der Waals surface area contributed by atoms with Crippen LogP contribution in [0.15, 0.2) is 48.5 Å². The molecule has 0 atom stereocenters. The SMILES string of the molecule is CN1CCN(CCCOc2ccc(C(=O)N3CCC(N4C(=O)CCc5ccccc54)CC3)cc2)CC1. The van der Waals surface area contributed by atoms with E-state index >= 15 is 0 Å². The van der Waals surface area contributed by atoms with Crippen LogP contribution in [0.25, 0.3) is 0 Å². The number of fused-ring (bicyclic) bond motifs is 1. The third-order valence-electron chi connectivity index (χ3n) is 7.83. The molecule has 0 spiro atoms. The highest BCUT2D eigenvalue weighted by molar-refractivity contribution is 5.97. The third kappa shape index (κ3) is 5.73. The molecule has 2 fully saturated rings. The lowest BCUT2D eigenvalue weighted by Crippen LogP contribution is -2.50. The number of piperidine rings is 1. The minimum absolute atomic E-state index is 0.0560. The highest BCUT2D eigenvalue weighted by Crippen LogP contribution is 2.32. The molecule has 0 aromatic heterocycles. The van der Waals surface area contributed by atoms with Crippen LogP contribution in [-0.4, -0.2) is 92.0 Å². The number of hydrogen-bond donors (Lipinski definition) is 0. The summed E-state index contributed by atoms with van der Waals surface area (Å²) in [6.07, 6.45) is 4.00. The van der Waals surface area contributed by atoms with Gasteiger partial charge in [-0.3, -0.25) is 9.59 Å². The largest absolute Gasteiger partial charge is 0.494 e. The highest BCUT2D eigenvalue weighted by Gasteiger charge is 2.33. The minimum Gasteiger partial charge on any atom is -0.494 e. The summed E-state index contributed by atoms with van der Waals surface area (Å²) in [7, 11) is 2.17. The van der Waals surface area contributed by atoms with Crippen molar-refractivity contribution in [3.8, 4) is 5.75 Å². The van der Waals surface area contributed by atoms with Crippen molar-refractivity contribution < 1.29 is 14.3 Å². The summed E-state index contributed by atoms with van der Waals surface area (Å²) in [5, 5.41) is 0. The smallest absolute Gasteiger partial charge is 0.253 e. The molecule has 192 valence electrons. The predicted molar refractivity (Wildman–Crippen MR) is 142 cm³/mol. The van der Waals surface area contributed by atoms with E-state index in [0.717, 1.165) is 69.8 Å². The zero-order valence-electron chi connectivity index (χ0n) is 21.4. The van der Waals surface area contributed by atoms with E-state index in [-0.39, 0.29) is 17.9 Å². The van der Waals surface area contributed by atoms with Gasteiger partial charge in [-0.1, -0.05) is 18.2 Å². The standard InChI is InChI=1S/C29H38N4O3/c1-30-18-20-31(21-19-30)15-4-22-36-26-10-7-24(8-11-26)29(35)32-16-13-25(14-17-32)33-27-6-3-2-5-23(27)9-12-28(33)34/h2-3,5-8,10-11,25H,4,9,12-22H2,1H3. The number of likely N-dealkylation sites (tertiary alicyclic amines) is 1. The van der Waals surface area contributed by atoms with Gasteiger partial charge in [-0.2, -0.15) is 0 Å². The fourth-order valence-electron chi connectivity index (χ4n) is 5.61. The molecule has 0 saturated carbocycles. The number of carbonyl (C=O) groups excluding carboxylic acids is 2. The number of amides is 2. The summed E-state index contributed by atoms with van der Waals surface area (Å²) in [5.74, 6) is 1.07. The van der Waals surface area contributed by atoms with Crippen molar-refractivity contribution in [1.82, 2.24) is 14.7 Å². The number of carbonyl (C=O) groups is 2. The Hall–Kier alpha value is -2.90. The lowest BCUT2D eigenvalue weighted by atomic mass is 9.95. The molecule has 3 aliphatic heterocycles. The van der Waals surface area contributed by atoms with Crippen molar-refractivity contribution in [2.45, 2.75) is 38.1 Å². The van der Waals surface area contributed by atoms with Gasteiger partial charge >= 0.3 is 0 Å². The number of piperazine rings is 1. The summed E-state index contributed by atoms with van der Waals surface area (Å²) in [6.45, 7) is 7.62. The maximum Gasteiger partial charge on any atom is 0.253 e. The van der Waals surface area contributed by atoms with Crippen molar-refractivity contribution >= 4 is 17.5 Å². The molecule has 3 heterocycles. The fraction of sp³-hybridized carbons (Fsp3) is 0.517. The van der Waals surface area contributed by atoms with Gasteiger partial charge in [-0.05, 0) is 68.6 Å². The molecular weight excluding hydrogens is 452 g/mol. The lowest BCUT2D eigenvalue weighted by Gasteiger charge is -2.41. The van der Waals surface area contributed by atoms with E-state index < -0.39 is 0 Å². The van der Waals surface area contributed by atoms with Crippen LogP contribution in [0, 0.1) is 0 Å². The molecule has 7 nitrogen and oxygen atoms in total. The number of rotatable bonds is 7. The Morgan fingerprint density at radius 2 is 1.64 bits per heavy atom. The Bertz CT molecular complexity index is 1040. The highest BCUT2D eigenvalue weighted by atomic mass is 16.5. The average molecular weight is 491 g/mol. The van der Waals surface area contributed by atoms with E-state index in [1.165, 1.54) is 5.56 Å². The zero-order chi connectivity index (χ0) is 24.9. The average Bonchev–Trinajstić information content (AvgIpc) is 2.92. The van der Waals surface area contributed by atoms with E-state index in [1.54, 1.807) is 0 Å². The molecule has 3 aliphatic rings. The van der Waals surface area contributed by atoms with Crippen LogP contribution < -0.4 is 9.64 Å². The van der Waals surface area contributed by atoms with Crippen LogP contribution >= 0.6 is 0 Å². The van der Waals surface area contributed by atoms with Crippen molar-refractivity contribution in [3.63, 3.8) is 0 Å². The van der Waals surface area contributed by atoms with Crippen LogP contribution in [0.5, 0.6) is 5.75 Å². The third-order valence-corrected chi connectivity index (χ3v) is 7.83. The number of benzene rings is 2. The molecule has 2 saturated heterocycles. The summed E-state index contributed by atoms with van der Waals surface area (Å²) < 4.78 is 5.92. The molecule has 0 N–H and O–H groups in total.